The summed E-state index contributed by atoms with van der Waals surface area (Å²) in [6.07, 6.45) is 10.6. The van der Waals surface area contributed by atoms with Gasteiger partial charge >= 0.3 is 0 Å². The van der Waals surface area contributed by atoms with Crippen molar-refractivity contribution >= 4 is 35.8 Å². The van der Waals surface area contributed by atoms with Gasteiger partial charge < -0.3 is 20.9 Å². The van der Waals surface area contributed by atoms with Gasteiger partial charge in [-0.25, -0.2) is 0 Å². The smallest absolute Gasteiger partial charge is 0.220 e. The Morgan fingerprint density at radius 3 is 2.33 bits per heavy atom. The second-order valence-electron chi connectivity index (χ2n) is 7.82. The van der Waals surface area contributed by atoms with Crippen LogP contribution in [0.4, 0.5) is 0 Å². The molecule has 0 atom stereocenters. The third kappa shape index (κ3) is 9.96. The van der Waals surface area contributed by atoms with Gasteiger partial charge in [-0.1, -0.05) is 26.2 Å². The van der Waals surface area contributed by atoms with Crippen LogP contribution < -0.4 is 16.0 Å². The molecule has 0 spiro atoms. The minimum absolute atomic E-state index is 0. The fourth-order valence-electron chi connectivity index (χ4n) is 4.11. The largest absolute Gasteiger partial charge is 0.355 e. The van der Waals surface area contributed by atoms with Crippen molar-refractivity contribution in [3.05, 3.63) is 0 Å². The summed E-state index contributed by atoms with van der Waals surface area (Å²) in [6, 6.07) is 0.496. The molecule has 0 aromatic heterocycles. The lowest BCUT2D eigenvalue weighted by Gasteiger charge is -2.32. The Kier molecular flexibility index (Phi) is 13.1. The monoisotopic (exact) mass is 493 g/mol. The zero-order chi connectivity index (χ0) is 18.6. The lowest BCUT2D eigenvalue weighted by atomic mass is 9.87. The molecule has 1 heterocycles. The molecule has 3 N–H and O–H groups in total. The molecule has 1 aliphatic heterocycles. The predicted molar refractivity (Wildman–Crippen MR) is 124 cm³/mol. The molecule has 1 amide bonds. The number of carbonyl (C=O) groups is 1. The minimum Gasteiger partial charge on any atom is -0.355 e. The van der Waals surface area contributed by atoms with Crippen molar-refractivity contribution in [2.24, 2.45) is 10.9 Å². The summed E-state index contributed by atoms with van der Waals surface area (Å²) in [7, 11) is 1.81. The van der Waals surface area contributed by atoms with Gasteiger partial charge in [0.25, 0.3) is 0 Å². The van der Waals surface area contributed by atoms with Crippen molar-refractivity contribution in [1.82, 2.24) is 20.9 Å². The molecule has 1 saturated heterocycles. The standard InChI is InChI=1S/C20H39N5O.HI/c1-3-13-25-14-9-18(10-15-25)24-20(21-2)23-12-11-22-19(26)16-17-7-5-4-6-8-17;/h17-18H,3-16H2,1-2H3,(H,22,26)(H2,21,23,24);1H. The maximum Gasteiger partial charge on any atom is 0.220 e. The molecule has 2 rings (SSSR count). The Balaban J connectivity index is 0.00000364. The average Bonchev–Trinajstić information content (AvgIpc) is 2.66. The number of carbonyl (C=O) groups excluding carboxylic acids is 1. The number of rotatable bonds is 8. The Labute approximate surface area is 182 Å². The molecule has 1 aliphatic carbocycles. The zero-order valence-electron chi connectivity index (χ0n) is 17.3. The van der Waals surface area contributed by atoms with Gasteiger partial charge in [-0.2, -0.15) is 0 Å². The Hall–Kier alpha value is -0.570. The molecule has 27 heavy (non-hydrogen) atoms. The molecule has 0 unspecified atom stereocenters. The van der Waals surface area contributed by atoms with Crippen molar-refractivity contribution in [2.45, 2.75) is 70.8 Å². The third-order valence-corrected chi connectivity index (χ3v) is 5.63. The number of hydrogen-bond donors (Lipinski definition) is 3. The lowest BCUT2D eigenvalue weighted by Crippen LogP contribution is -2.49. The quantitative estimate of drug-likeness (QED) is 0.211. The first-order chi connectivity index (χ1) is 12.7. The summed E-state index contributed by atoms with van der Waals surface area (Å²) in [4.78, 5) is 18.9. The second kappa shape index (κ2) is 14.4. The topological polar surface area (TPSA) is 68.8 Å². The van der Waals surface area contributed by atoms with Crippen LogP contribution in [-0.4, -0.2) is 62.6 Å². The van der Waals surface area contributed by atoms with Crippen molar-refractivity contribution in [3.8, 4) is 0 Å². The van der Waals surface area contributed by atoms with Crippen molar-refractivity contribution in [2.75, 3.05) is 39.8 Å². The van der Waals surface area contributed by atoms with Gasteiger partial charge in [0.1, 0.15) is 0 Å². The van der Waals surface area contributed by atoms with Crippen LogP contribution in [0.3, 0.4) is 0 Å². The summed E-state index contributed by atoms with van der Waals surface area (Å²) >= 11 is 0. The van der Waals surface area contributed by atoms with Gasteiger partial charge in [0.05, 0.1) is 0 Å². The van der Waals surface area contributed by atoms with E-state index >= 15 is 0 Å². The molecule has 0 bridgehead atoms. The normalized spacial score (nSPS) is 20.0. The third-order valence-electron chi connectivity index (χ3n) is 5.63. The van der Waals surface area contributed by atoms with Crippen LogP contribution in [0.1, 0.15) is 64.7 Å². The zero-order valence-corrected chi connectivity index (χ0v) is 19.6. The van der Waals surface area contributed by atoms with E-state index in [2.05, 4.69) is 32.8 Å². The fraction of sp³-hybridized carbons (Fsp3) is 0.900. The number of hydrogen-bond acceptors (Lipinski definition) is 3. The number of aliphatic imine (C=N–C) groups is 1. The number of nitrogens with zero attached hydrogens (tertiary/aromatic N) is 2. The molecule has 0 aromatic rings. The highest BCUT2D eigenvalue weighted by Gasteiger charge is 2.19. The molecule has 7 heteroatoms. The van der Waals surface area contributed by atoms with E-state index in [-0.39, 0.29) is 29.9 Å². The molecular weight excluding hydrogens is 453 g/mol. The number of nitrogens with one attached hydrogen (secondary N) is 3. The van der Waals surface area contributed by atoms with Crippen LogP contribution in [0.2, 0.25) is 0 Å². The maximum absolute atomic E-state index is 12.0. The van der Waals surface area contributed by atoms with E-state index in [0.29, 0.717) is 31.5 Å². The van der Waals surface area contributed by atoms with E-state index in [0.717, 1.165) is 5.96 Å². The van der Waals surface area contributed by atoms with Crippen LogP contribution in [0, 0.1) is 5.92 Å². The molecule has 0 aromatic carbocycles. The molecule has 158 valence electrons. The SMILES string of the molecule is CCCN1CCC(NC(=NC)NCCNC(=O)CC2CCCCC2)CC1.I. The van der Waals surface area contributed by atoms with E-state index in [4.69, 9.17) is 0 Å². The van der Waals surface area contributed by atoms with Crippen LogP contribution in [0.25, 0.3) is 0 Å². The van der Waals surface area contributed by atoms with Crippen LogP contribution >= 0.6 is 24.0 Å². The van der Waals surface area contributed by atoms with Crippen molar-refractivity contribution < 1.29 is 4.79 Å². The number of piperidine rings is 1. The van der Waals surface area contributed by atoms with Gasteiger partial charge in [-0.3, -0.25) is 9.79 Å². The Bertz CT molecular complexity index is 432. The van der Waals surface area contributed by atoms with Crippen molar-refractivity contribution in [3.63, 3.8) is 0 Å². The number of amides is 1. The van der Waals surface area contributed by atoms with Gasteiger partial charge in [0.2, 0.25) is 5.91 Å². The summed E-state index contributed by atoms with van der Waals surface area (Å²) in [5, 5.41) is 9.89. The van der Waals surface area contributed by atoms with Crippen LogP contribution in [0.15, 0.2) is 4.99 Å². The molecule has 0 radical (unpaired) electrons. The first-order valence-electron chi connectivity index (χ1n) is 10.7. The fourth-order valence-corrected chi connectivity index (χ4v) is 4.11. The van der Waals surface area contributed by atoms with E-state index in [1.54, 1.807) is 0 Å². The highest BCUT2D eigenvalue weighted by Crippen LogP contribution is 2.25. The van der Waals surface area contributed by atoms with Crippen LogP contribution in [0.5, 0.6) is 0 Å². The summed E-state index contributed by atoms with van der Waals surface area (Å²) in [5.41, 5.74) is 0. The number of halogens is 1. The van der Waals surface area contributed by atoms with Gasteiger partial charge in [0, 0.05) is 45.7 Å². The highest BCUT2D eigenvalue weighted by molar-refractivity contribution is 14.0. The Morgan fingerprint density at radius 1 is 1.04 bits per heavy atom. The number of guanidine groups is 1. The molecular formula is C20H40IN5O. The molecule has 2 aliphatic rings. The molecule has 2 fully saturated rings. The predicted octanol–water partition coefficient (Wildman–Crippen LogP) is 2.73. The first-order valence-corrected chi connectivity index (χ1v) is 10.7. The highest BCUT2D eigenvalue weighted by atomic mass is 127. The summed E-state index contributed by atoms with van der Waals surface area (Å²) < 4.78 is 0. The maximum atomic E-state index is 12.0. The molecule has 6 nitrogen and oxygen atoms in total. The average molecular weight is 493 g/mol. The minimum atomic E-state index is 0. The van der Waals surface area contributed by atoms with Crippen LogP contribution in [-0.2, 0) is 4.79 Å². The van der Waals surface area contributed by atoms with E-state index < -0.39 is 0 Å². The number of likely N-dealkylation sites (tertiary alicyclic amines) is 1. The van der Waals surface area contributed by atoms with E-state index in [9.17, 15) is 4.79 Å². The first kappa shape index (κ1) is 24.5. The van der Waals surface area contributed by atoms with E-state index in [1.807, 2.05) is 7.05 Å². The van der Waals surface area contributed by atoms with Gasteiger partial charge in [0.15, 0.2) is 5.96 Å². The summed E-state index contributed by atoms with van der Waals surface area (Å²) in [5.74, 6) is 1.65. The van der Waals surface area contributed by atoms with Crippen molar-refractivity contribution in [1.29, 1.82) is 0 Å². The lowest BCUT2D eigenvalue weighted by molar-refractivity contribution is -0.122. The van der Waals surface area contributed by atoms with Gasteiger partial charge in [-0.15, -0.1) is 24.0 Å². The second-order valence-corrected chi connectivity index (χ2v) is 7.82. The van der Waals surface area contributed by atoms with Gasteiger partial charge in [-0.05, 0) is 44.6 Å². The molecule has 1 saturated carbocycles. The Morgan fingerprint density at radius 2 is 1.70 bits per heavy atom. The summed E-state index contributed by atoms with van der Waals surface area (Å²) in [6.45, 7) is 7.15. The van der Waals surface area contributed by atoms with E-state index in [1.165, 1.54) is 71.0 Å².